The van der Waals surface area contributed by atoms with Crippen LogP contribution in [0, 0.1) is 4.77 Å². The van der Waals surface area contributed by atoms with Crippen LogP contribution in [0.15, 0.2) is 29.6 Å². The quantitative estimate of drug-likeness (QED) is 0.736. The number of aromatic nitrogens is 3. The van der Waals surface area contributed by atoms with E-state index in [0.29, 0.717) is 10.7 Å². The number of rotatable bonds is 4. The van der Waals surface area contributed by atoms with Gasteiger partial charge < -0.3 is 9.72 Å². The van der Waals surface area contributed by atoms with Crippen LogP contribution in [0.25, 0.3) is 11.2 Å². The molecular formula is C14H15N3OS2. The third-order valence-electron chi connectivity index (χ3n) is 3.32. The summed E-state index contributed by atoms with van der Waals surface area (Å²) in [4.78, 5) is 9.05. The number of nitrogens with zero attached hydrogens (tertiary/aromatic N) is 2. The van der Waals surface area contributed by atoms with E-state index in [0.717, 1.165) is 17.6 Å². The molecule has 0 radical (unpaired) electrons. The molecule has 0 aliphatic heterocycles. The summed E-state index contributed by atoms with van der Waals surface area (Å²) in [6.07, 6.45) is 0.959. The Morgan fingerprint density at radius 1 is 1.45 bits per heavy atom. The Labute approximate surface area is 126 Å². The highest BCUT2D eigenvalue weighted by molar-refractivity contribution is 7.71. The summed E-state index contributed by atoms with van der Waals surface area (Å²) < 4.78 is 8.00. The first-order valence-electron chi connectivity index (χ1n) is 6.43. The van der Waals surface area contributed by atoms with Crippen molar-refractivity contribution in [1.82, 2.24) is 14.5 Å². The van der Waals surface area contributed by atoms with Crippen LogP contribution in [-0.2, 0) is 0 Å². The van der Waals surface area contributed by atoms with Crippen molar-refractivity contribution in [3.8, 4) is 5.88 Å². The number of methoxy groups -OCH3 is 1. The molecule has 104 valence electrons. The van der Waals surface area contributed by atoms with Crippen molar-refractivity contribution in [2.24, 2.45) is 0 Å². The van der Waals surface area contributed by atoms with Crippen molar-refractivity contribution in [2.45, 2.75) is 19.4 Å². The maximum absolute atomic E-state index is 5.48. The van der Waals surface area contributed by atoms with Crippen LogP contribution in [0.3, 0.4) is 0 Å². The lowest BCUT2D eigenvalue weighted by Crippen LogP contribution is -2.09. The van der Waals surface area contributed by atoms with Gasteiger partial charge in [0.1, 0.15) is 0 Å². The predicted molar refractivity (Wildman–Crippen MR) is 84.2 cm³/mol. The number of nitrogens with one attached hydrogen (secondary N) is 1. The summed E-state index contributed by atoms with van der Waals surface area (Å²) in [5, 5.41) is 2.09. The molecule has 4 nitrogen and oxygen atoms in total. The number of pyridine rings is 1. The van der Waals surface area contributed by atoms with Gasteiger partial charge in [-0.15, -0.1) is 11.3 Å². The summed E-state index contributed by atoms with van der Waals surface area (Å²) in [5.41, 5.74) is 1.78. The summed E-state index contributed by atoms with van der Waals surface area (Å²) in [5.74, 6) is 0.598. The average Bonchev–Trinajstić information content (AvgIpc) is 3.08. The van der Waals surface area contributed by atoms with Crippen molar-refractivity contribution >= 4 is 34.7 Å². The highest BCUT2D eigenvalue weighted by atomic mass is 32.1. The zero-order chi connectivity index (χ0) is 14.1. The minimum atomic E-state index is 0.204. The second-order valence-electron chi connectivity index (χ2n) is 4.46. The van der Waals surface area contributed by atoms with E-state index in [1.165, 1.54) is 4.88 Å². The number of hydrogen-bond donors (Lipinski definition) is 1. The minimum Gasteiger partial charge on any atom is -0.481 e. The van der Waals surface area contributed by atoms with E-state index in [2.05, 4.69) is 39.0 Å². The van der Waals surface area contributed by atoms with Gasteiger partial charge in [0, 0.05) is 10.9 Å². The first kappa shape index (κ1) is 13.3. The monoisotopic (exact) mass is 305 g/mol. The lowest BCUT2D eigenvalue weighted by atomic mass is 10.2. The van der Waals surface area contributed by atoms with Crippen LogP contribution in [0.5, 0.6) is 5.88 Å². The molecule has 0 bridgehead atoms. The Balaban J connectivity index is 2.23. The second-order valence-corrected chi connectivity index (χ2v) is 5.83. The predicted octanol–water partition coefficient (Wildman–Crippen LogP) is 4.16. The minimum absolute atomic E-state index is 0.204. The van der Waals surface area contributed by atoms with Crippen LogP contribution in [0.2, 0.25) is 0 Å². The van der Waals surface area contributed by atoms with E-state index in [1.54, 1.807) is 18.4 Å². The maximum atomic E-state index is 5.48. The van der Waals surface area contributed by atoms with Gasteiger partial charge in [0.2, 0.25) is 5.88 Å². The average molecular weight is 305 g/mol. The second kappa shape index (κ2) is 5.38. The molecule has 0 aliphatic rings. The van der Waals surface area contributed by atoms with Crippen molar-refractivity contribution in [2.75, 3.05) is 7.11 Å². The van der Waals surface area contributed by atoms with E-state index in [4.69, 9.17) is 17.0 Å². The molecule has 0 aliphatic carbocycles. The van der Waals surface area contributed by atoms with Crippen LogP contribution >= 0.6 is 23.6 Å². The van der Waals surface area contributed by atoms with Crippen LogP contribution in [0.4, 0.5) is 0 Å². The molecule has 1 unspecified atom stereocenters. The van der Waals surface area contributed by atoms with Crippen molar-refractivity contribution in [3.05, 3.63) is 39.3 Å². The number of fused-ring (bicyclic) bond motifs is 1. The molecule has 20 heavy (non-hydrogen) atoms. The molecule has 3 aromatic rings. The van der Waals surface area contributed by atoms with E-state index < -0.39 is 0 Å². The van der Waals surface area contributed by atoms with Gasteiger partial charge >= 0.3 is 0 Å². The first-order valence-corrected chi connectivity index (χ1v) is 7.72. The van der Waals surface area contributed by atoms with Gasteiger partial charge in [-0.1, -0.05) is 13.0 Å². The molecule has 3 rings (SSSR count). The normalized spacial score (nSPS) is 12.7. The van der Waals surface area contributed by atoms with Gasteiger partial charge in [0.25, 0.3) is 0 Å². The van der Waals surface area contributed by atoms with Crippen molar-refractivity contribution in [1.29, 1.82) is 0 Å². The molecule has 0 amide bonds. The SMILES string of the molecule is CCC(c1cccs1)n1c(=S)[nH]c2ccc(OC)nc21. The summed E-state index contributed by atoms with van der Waals surface area (Å²) >= 11 is 7.22. The third-order valence-corrected chi connectivity index (χ3v) is 4.59. The molecule has 0 spiro atoms. The van der Waals surface area contributed by atoms with E-state index in [1.807, 2.05) is 12.1 Å². The maximum Gasteiger partial charge on any atom is 0.215 e. The molecule has 1 N–H and O–H groups in total. The lowest BCUT2D eigenvalue weighted by Gasteiger charge is -2.15. The molecular weight excluding hydrogens is 290 g/mol. The van der Waals surface area contributed by atoms with Gasteiger partial charge in [0.05, 0.1) is 18.7 Å². The Morgan fingerprint density at radius 3 is 2.95 bits per heavy atom. The standard InChI is InChI=1S/C14H15N3OS2/c1-3-10(11-5-4-8-20-11)17-13-9(15-14(17)19)6-7-12(16-13)18-2/h4-8,10H,3H2,1-2H3,(H,15,19). The highest BCUT2D eigenvalue weighted by Crippen LogP contribution is 2.30. The van der Waals surface area contributed by atoms with Crippen molar-refractivity contribution < 1.29 is 4.74 Å². The fourth-order valence-corrected chi connectivity index (χ4v) is 3.60. The highest BCUT2D eigenvalue weighted by Gasteiger charge is 2.18. The molecule has 0 fully saturated rings. The number of H-pyrrole nitrogens is 1. The van der Waals surface area contributed by atoms with E-state index >= 15 is 0 Å². The van der Waals surface area contributed by atoms with Gasteiger partial charge in [-0.2, -0.15) is 4.98 Å². The zero-order valence-electron chi connectivity index (χ0n) is 11.3. The van der Waals surface area contributed by atoms with Crippen LogP contribution < -0.4 is 4.74 Å². The number of thiophene rings is 1. The number of hydrogen-bond acceptors (Lipinski definition) is 4. The molecule has 6 heteroatoms. The summed E-state index contributed by atoms with van der Waals surface area (Å²) in [6.45, 7) is 2.16. The largest absolute Gasteiger partial charge is 0.481 e. The van der Waals surface area contributed by atoms with Gasteiger partial charge in [0.15, 0.2) is 10.4 Å². The Bertz CT molecular complexity index is 773. The summed E-state index contributed by atoms with van der Waals surface area (Å²) in [7, 11) is 1.62. The van der Waals surface area contributed by atoms with Crippen LogP contribution in [0.1, 0.15) is 24.3 Å². The smallest absolute Gasteiger partial charge is 0.215 e. The third kappa shape index (κ3) is 2.14. The Hall–Kier alpha value is -1.66. The van der Waals surface area contributed by atoms with Crippen molar-refractivity contribution in [3.63, 3.8) is 0 Å². The number of imidazole rings is 1. The summed E-state index contributed by atoms with van der Waals surface area (Å²) in [6, 6.07) is 8.20. The zero-order valence-corrected chi connectivity index (χ0v) is 12.9. The van der Waals surface area contributed by atoms with Crippen LogP contribution in [-0.4, -0.2) is 21.6 Å². The Morgan fingerprint density at radius 2 is 2.30 bits per heavy atom. The topological polar surface area (TPSA) is 42.8 Å². The van der Waals surface area contributed by atoms with Gasteiger partial charge in [-0.25, -0.2) is 0 Å². The molecule has 0 saturated heterocycles. The first-order chi connectivity index (χ1) is 9.74. The number of aromatic amines is 1. The van der Waals surface area contributed by atoms with Gasteiger partial charge in [-0.05, 0) is 36.2 Å². The number of ether oxygens (including phenoxy) is 1. The lowest BCUT2D eigenvalue weighted by molar-refractivity contribution is 0.398. The Kier molecular flexibility index (Phi) is 3.58. The fraction of sp³-hybridized carbons (Fsp3) is 0.286. The van der Waals surface area contributed by atoms with E-state index in [-0.39, 0.29) is 6.04 Å². The molecule has 3 heterocycles. The fourth-order valence-electron chi connectivity index (χ4n) is 2.38. The molecule has 0 aromatic carbocycles. The van der Waals surface area contributed by atoms with Gasteiger partial charge in [-0.3, -0.25) is 4.57 Å². The molecule has 1 atom stereocenters. The van der Waals surface area contributed by atoms with E-state index in [9.17, 15) is 0 Å². The molecule has 0 saturated carbocycles. The molecule has 3 aromatic heterocycles.